The van der Waals surface area contributed by atoms with E-state index < -0.39 is 0 Å². The molecule has 0 atom stereocenters. The van der Waals surface area contributed by atoms with Crippen LogP contribution in [0.5, 0.6) is 5.75 Å². The fourth-order valence-electron chi connectivity index (χ4n) is 2.51. The van der Waals surface area contributed by atoms with Crippen molar-refractivity contribution in [1.82, 2.24) is 9.38 Å². The van der Waals surface area contributed by atoms with Gasteiger partial charge in [0.2, 0.25) is 0 Å². The molecule has 4 rings (SSSR count). The summed E-state index contributed by atoms with van der Waals surface area (Å²) in [5.74, 6) is 2.41. The highest BCUT2D eigenvalue weighted by Crippen LogP contribution is 2.31. The number of furan rings is 1. The summed E-state index contributed by atoms with van der Waals surface area (Å²) in [5.41, 5.74) is 2.58. The van der Waals surface area contributed by atoms with Crippen LogP contribution in [0.1, 0.15) is 0 Å². The molecule has 0 unspecified atom stereocenters. The minimum absolute atomic E-state index is 0.727. The number of benzene rings is 1. The van der Waals surface area contributed by atoms with Gasteiger partial charge in [-0.05, 0) is 48.5 Å². The van der Waals surface area contributed by atoms with Crippen LogP contribution < -0.4 is 10.1 Å². The number of nitrogens with one attached hydrogen (secondary N) is 1. The van der Waals surface area contributed by atoms with Crippen molar-refractivity contribution in [1.29, 1.82) is 0 Å². The Bertz CT molecular complexity index is 925. The highest BCUT2D eigenvalue weighted by Gasteiger charge is 2.16. The number of methoxy groups -OCH3 is 1. The molecule has 0 bridgehead atoms. The molecule has 1 aromatic carbocycles. The predicted molar refractivity (Wildman–Crippen MR) is 89.2 cm³/mol. The second kappa shape index (κ2) is 5.53. The van der Waals surface area contributed by atoms with Gasteiger partial charge in [-0.3, -0.25) is 4.40 Å². The van der Waals surface area contributed by atoms with Crippen LogP contribution in [0, 0.1) is 0 Å². The number of nitrogens with zero attached hydrogens (tertiary/aromatic N) is 2. The average molecular weight is 305 g/mol. The number of pyridine rings is 1. The number of fused-ring (bicyclic) bond motifs is 1. The molecule has 3 aromatic heterocycles. The Morgan fingerprint density at radius 3 is 2.65 bits per heavy atom. The number of hydrogen-bond donors (Lipinski definition) is 1. The Morgan fingerprint density at radius 2 is 1.91 bits per heavy atom. The van der Waals surface area contributed by atoms with E-state index in [1.807, 2.05) is 65.2 Å². The van der Waals surface area contributed by atoms with Crippen LogP contribution in [0.4, 0.5) is 11.5 Å². The highest BCUT2D eigenvalue weighted by molar-refractivity contribution is 5.77. The van der Waals surface area contributed by atoms with Gasteiger partial charge in [0.15, 0.2) is 5.76 Å². The second-order valence-electron chi connectivity index (χ2n) is 5.07. The largest absolute Gasteiger partial charge is 0.497 e. The van der Waals surface area contributed by atoms with Crippen LogP contribution in [0.3, 0.4) is 0 Å². The average Bonchev–Trinajstić information content (AvgIpc) is 3.24. The fourth-order valence-corrected chi connectivity index (χ4v) is 2.51. The second-order valence-corrected chi connectivity index (χ2v) is 5.07. The summed E-state index contributed by atoms with van der Waals surface area (Å²) in [7, 11) is 1.65. The molecule has 23 heavy (non-hydrogen) atoms. The lowest BCUT2D eigenvalue weighted by atomic mass is 10.3. The molecular weight excluding hydrogens is 290 g/mol. The lowest BCUT2D eigenvalue weighted by molar-refractivity contribution is 0.415. The SMILES string of the molecule is COc1ccc(Nc2c(-c3ccco3)nc3ccccn23)cc1. The number of imidazole rings is 1. The van der Waals surface area contributed by atoms with E-state index in [0.29, 0.717) is 0 Å². The number of ether oxygens (including phenoxy) is 1. The van der Waals surface area contributed by atoms with Crippen LogP contribution in [-0.2, 0) is 0 Å². The molecule has 5 heteroatoms. The van der Waals surface area contributed by atoms with Gasteiger partial charge in [-0.25, -0.2) is 4.98 Å². The van der Waals surface area contributed by atoms with Crippen molar-refractivity contribution in [3.05, 3.63) is 67.1 Å². The molecule has 0 amide bonds. The van der Waals surface area contributed by atoms with Gasteiger partial charge >= 0.3 is 0 Å². The molecule has 1 N–H and O–H groups in total. The van der Waals surface area contributed by atoms with E-state index in [1.54, 1.807) is 13.4 Å². The van der Waals surface area contributed by atoms with Gasteiger partial charge in [0.05, 0.1) is 13.4 Å². The molecule has 5 nitrogen and oxygen atoms in total. The van der Waals surface area contributed by atoms with Crippen molar-refractivity contribution in [3.8, 4) is 17.2 Å². The first-order valence-corrected chi connectivity index (χ1v) is 7.27. The Balaban J connectivity index is 1.82. The van der Waals surface area contributed by atoms with E-state index in [-0.39, 0.29) is 0 Å². The minimum atomic E-state index is 0.727. The van der Waals surface area contributed by atoms with E-state index in [9.17, 15) is 0 Å². The summed E-state index contributed by atoms with van der Waals surface area (Å²) in [6, 6.07) is 17.4. The van der Waals surface area contributed by atoms with E-state index in [2.05, 4.69) is 10.3 Å². The summed E-state index contributed by atoms with van der Waals surface area (Å²) in [4.78, 5) is 4.67. The molecule has 0 saturated carbocycles. The smallest absolute Gasteiger partial charge is 0.156 e. The van der Waals surface area contributed by atoms with Crippen molar-refractivity contribution in [2.75, 3.05) is 12.4 Å². The topological polar surface area (TPSA) is 51.7 Å². The molecular formula is C18H15N3O2. The Kier molecular flexibility index (Phi) is 3.24. The Hall–Kier alpha value is -3.21. The number of anilines is 2. The maximum absolute atomic E-state index is 5.53. The molecule has 0 aliphatic rings. The van der Waals surface area contributed by atoms with E-state index in [0.717, 1.165) is 34.4 Å². The van der Waals surface area contributed by atoms with Crippen LogP contribution in [0.15, 0.2) is 71.5 Å². The summed E-state index contributed by atoms with van der Waals surface area (Å²) < 4.78 is 12.7. The monoisotopic (exact) mass is 305 g/mol. The lowest BCUT2D eigenvalue weighted by Gasteiger charge is -2.08. The summed E-state index contributed by atoms with van der Waals surface area (Å²) in [6.07, 6.45) is 3.62. The van der Waals surface area contributed by atoms with Crippen LogP contribution >= 0.6 is 0 Å². The van der Waals surface area contributed by atoms with Crippen molar-refractivity contribution >= 4 is 17.2 Å². The van der Waals surface area contributed by atoms with Gasteiger partial charge in [-0.2, -0.15) is 0 Å². The predicted octanol–water partition coefficient (Wildman–Crippen LogP) is 4.35. The van der Waals surface area contributed by atoms with Crippen LogP contribution in [0.25, 0.3) is 17.1 Å². The third kappa shape index (κ3) is 2.42. The minimum Gasteiger partial charge on any atom is -0.497 e. The Morgan fingerprint density at radius 1 is 1.04 bits per heavy atom. The zero-order chi connectivity index (χ0) is 15.6. The maximum Gasteiger partial charge on any atom is 0.156 e. The number of hydrogen-bond acceptors (Lipinski definition) is 4. The van der Waals surface area contributed by atoms with Crippen LogP contribution in [0.2, 0.25) is 0 Å². The van der Waals surface area contributed by atoms with E-state index in [1.165, 1.54) is 0 Å². The zero-order valence-corrected chi connectivity index (χ0v) is 12.6. The number of rotatable bonds is 4. The molecule has 0 aliphatic carbocycles. The summed E-state index contributed by atoms with van der Waals surface area (Å²) >= 11 is 0. The molecule has 114 valence electrons. The van der Waals surface area contributed by atoms with Gasteiger partial charge < -0.3 is 14.5 Å². The molecule has 0 saturated heterocycles. The van der Waals surface area contributed by atoms with Crippen molar-refractivity contribution in [2.24, 2.45) is 0 Å². The molecule has 3 heterocycles. The van der Waals surface area contributed by atoms with Crippen molar-refractivity contribution in [2.45, 2.75) is 0 Å². The molecule has 4 aromatic rings. The molecule has 0 spiro atoms. The van der Waals surface area contributed by atoms with Crippen molar-refractivity contribution in [3.63, 3.8) is 0 Å². The lowest BCUT2D eigenvalue weighted by Crippen LogP contribution is -1.96. The summed E-state index contributed by atoms with van der Waals surface area (Å²) in [6.45, 7) is 0. The van der Waals surface area contributed by atoms with Crippen LogP contribution in [-0.4, -0.2) is 16.5 Å². The van der Waals surface area contributed by atoms with Gasteiger partial charge in [0.25, 0.3) is 0 Å². The number of aromatic nitrogens is 2. The maximum atomic E-state index is 5.53. The van der Waals surface area contributed by atoms with Gasteiger partial charge in [-0.15, -0.1) is 0 Å². The van der Waals surface area contributed by atoms with E-state index in [4.69, 9.17) is 9.15 Å². The quantitative estimate of drug-likeness (QED) is 0.609. The van der Waals surface area contributed by atoms with Gasteiger partial charge in [-0.1, -0.05) is 6.07 Å². The molecule has 0 aliphatic heterocycles. The van der Waals surface area contributed by atoms with Crippen molar-refractivity contribution < 1.29 is 9.15 Å². The third-order valence-electron chi connectivity index (χ3n) is 3.64. The standard InChI is InChI=1S/C18H15N3O2/c1-22-14-9-7-13(8-10-14)19-18-17(15-5-4-12-23-15)20-16-6-2-3-11-21(16)18/h2-12,19H,1H3. The first-order chi connectivity index (χ1) is 11.3. The normalized spacial score (nSPS) is 10.8. The summed E-state index contributed by atoms with van der Waals surface area (Å²) in [5, 5.41) is 3.42. The fraction of sp³-hybridized carbons (Fsp3) is 0.0556. The Labute approximate surface area is 133 Å². The van der Waals surface area contributed by atoms with Gasteiger partial charge in [0.1, 0.15) is 22.9 Å². The highest BCUT2D eigenvalue weighted by atomic mass is 16.5. The first kappa shape index (κ1) is 13.5. The first-order valence-electron chi connectivity index (χ1n) is 7.27. The molecule has 0 radical (unpaired) electrons. The third-order valence-corrected chi connectivity index (χ3v) is 3.64. The molecule has 0 fully saturated rings. The van der Waals surface area contributed by atoms with E-state index >= 15 is 0 Å². The zero-order valence-electron chi connectivity index (χ0n) is 12.6. The van der Waals surface area contributed by atoms with Gasteiger partial charge in [0, 0.05) is 11.9 Å².